The van der Waals surface area contributed by atoms with Gasteiger partial charge in [-0.2, -0.15) is 0 Å². The van der Waals surface area contributed by atoms with Gasteiger partial charge in [-0.25, -0.2) is 28.7 Å². The van der Waals surface area contributed by atoms with E-state index in [4.69, 9.17) is 21.1 Å². The Bertz CT molecular complexity index is 2230. The Labute approximate surface area is 260 Å². The first-order chi connectivity index (χ1) is 21.9. The summed E-state index contributed by atoms with van der Waals surface area (Å²) < 4.78 is 38.1. The van der Waals surface area contributed by atoms with Crippen molar-refractivity contribution in [1.29, 1.82) is 0 Å². The van der Waals surface area contributed by atoms with Crippen LogP contribution in [0.15, 0.2) is 110 Å². The molecule has 0 bridgehead atoms. The van der Waals surface area contributed by atoms with E-state index in [2.05, 4.69) is 24.9 Å². The Kier molecular flexibility index (Phi) is 8.47. The molecular weight excluding hydrogens is 598 g/mol. The van der Waals surface area contributed by atoms with Gasteiger partial charge >= 0.3 is 0 Å². The van der Waals surface area contributed by atoms with Gasteiger partial charge in [0.05, 0.1) is 37.6 Å². The Morgan fingerprint density at radius 2 is 1.27 bits per heavy atom. The summed E-state index contributed by atoms with van der Waals surface area (Å²) in [4.78, 5) is 19.7. The maximum atomic E-state index is 13.4. The molecule has 0 aliphatic carbocycles. The van der Waals surface area contributed by atoms with E-state index in [1.54, 1.807) is 57.2 Å². The topological polar surface area (TPSA) is 90.7 Å². The van der Waals surface area contributed by atoms with Gasteiger partial charge in [0.15, 0.2) is 0 Å². The highest BCUT2D eigenvalue weighted by molar-refractivity contribution is 6.30. The number of hydrogen-bond acceptors (Lipinski definition) is 6. The van der Waals surface area contributed by atoms with Crippen molar-refractivity contribution in [3.63, 3.8) is 0 Å². The van der Waals surface area contributed by atoms with E-state index in [1.165, 1.54) is 24.3 Å². The molecule has 0 amide bonds. The molecule has 6 aromatic heterocycles. The predicted molar refractivity (Wildman–Crippen MR) is 172 cm³/mol. The molecule has 0 aliphatic heterocycles. The Morgan fingerprint density at radius 3 is 1.98 bits per heavy atom. The number of nitrogens with zero attached hydrogens (tertiary/aromatic N) is 5. The molecule has 2 aromatic carbocycles. The van der Waals surface area contributed by atoms with Gasteiger partial charge in [-0.3, -0.25) is 4.57 Å². The summed E-state index contributed by atoms with van der Waals surface area (Å²) >= 11 is 5.64. The van der Waals surface area contributed by atoms with Crippen LogP contribution < -0.4 is 9.47 Å². The fourth-order valence-electron chi connectivity index (χ4n) is 4.68. The molecule has 0 fully saturated rings. The number of rotatable bonds is 3. The van der Waals surface area contributed by atoms with Crippen molar-refractivity contribution in [2.24, 2.45) is 0 Å². The van der Waals surface area contributed by atoms with Crippen molar-refractivity contribution in [1.82, 2.24) is 29.5 Å². The van der Waals surface area contributed by atoms with E-state index in [-0.39, 0.29) is 11.6 Å². The normalized spacial score (nSPS) is 10.8. The van der Waals surface area contributed by atoms with Gasteiger partial charge in [-0.15, -0.1) is 0 Å². The van der Waals surface area contributed by atoms with Crippen LogP contribution in [0.4, 0.5) is 8.78 Å². The maximum absolute atomic E-state index is 13.4. The third-order valence-corrected chi connectivity index (χ3v) is 7.16. The first kappa shape index (κ1) is 29.5. The third kappa shape index (κ3) is 6.66. The lowest BCUT2D eigenvalue weighted by atomic mass is 10.2. The average molecular weight is 623 g/mol. The lowest BCUT2D eigenvalue weighted by molar-refractivity contribution is 0.398. The van der Waals surface area contributed by atoms with Gasteiger partial charge < -0.3 is 14.5 Å². The first-order valence-corrected chi connectivity index (χ1v) is 14.0. The lowest BCUT2D eigenvalue weighted by Crippen LogP contribution is -1.96. The van der Waals surface area contributed by atoms with Gasteiger partial charge in [-0.05, 0) is 71.4 Å². The minimum atomic E-state index is -0.259. The number of halogens is 3. The standard InChI is InChI=1S/C17H12FN3O.C9H5ClFN.C8H8N2O/c1-22-17-8-11-4-5-21(15(11)10-20-17)16-7-13-6-14(18)3-2-12(13)9-19-16;10-9-4-7-3-8(11)2-1-6(7)5-12-9;1-11-8-4-6-2-3-9-7(6)5-10-8/h2-10H,1H3;1-5H;2-5,9H,1H3. The summed E-state index contributed by atoms with van der Waals surface area (Å²) in [6.45, 7) is 0. The minimum absolute atomic E-state index is 0.256. The smallest absolute Gasteiger partial charge is 0.213 e. The second-order valence-electron chi connectivity index (χ2n) is 9.80. The van der Waals surface area contributed by atoms with Gasteiger partial charge in [0.1, 0.15) is 22.6 Å². The van der Waals surface area contributed by atoms with Gasteiger partial charge in [0.25, 0.3) is 0 Å². The van der Waals surface area contributed by atoms with E-state index in [0.717, 1.165) is 49.2 Å². The second kappa shape index (κ2) is 12.9. The molecule has 0 saturated carbocycles. The van der Waals surface area contributed by atoms with E-state index >= 15 is 0 Å². The van der Waals surface area contributed by atoms with E-state index in [9.17, 15) is 8.78 Å². The Morgan fingerprint density at radius 1 is 0.622 bits per heavy atom. The molecule has 8 nitrogen and oxygen atoms in total. The highest BCUT2D eigenvalue weighted by Crippen LogP contribution is 2.24. The third-order valence-electron chi connectivity index (χ3n) is 6.95. The fraction of sp³-hybridized carbons (Fsp3) is 0.0588. The molecule has 6 heterocycles. The molecule has 0 atom stereocenters. The number of aromatic nitrogens is 6. The van der Waals surface area contributed by atoms with Crippen molar-refractivity contribution in [3.8, 4) is 17.6 Å². The van der Waals surface area contributed by atoms with E-state index in [0.29, 0.717) is 16.9 Å². The molecular formula is C34H25ClF2N6O2. The van der Waals surface area contributed by atoms with Crippen molar-refractivity contribution >= 4 is 55.0 Å². The Balaban J connectivity index is 0.000000131. The predicted octanol–water partition coefficient (Wildman–Crippen LogP) is 8.32. The van der Waals surface area contributed by atoms with Crippen molar-refractivity contribution in [2.75, 3.05) is 14.2 Å². The van der Waals surface area contributed by atoms with Gasteiger partial charge in [0, 0.05) is 58.5 Å². The number of methoxy groups -OCH3 is 2. The average Bonchev–Trinajstić information content (AvgIpc) is 3.71. The van der Waals surface area contributed by atoms with Crippen LogP contribution in [0.1, 0.15) is 0 Å². The van der Waals surface area contributed by atoms with Crippen LogP contribution in [-0.4, -0.2) is 43.7 Å². The molecule has 0 aliphatic rings. The first-order valence-electron chi connectivity index (χ1n) is 13.6. The zero-order valence-corrected chi connectivity index (χ0v) is 24.8. The van der Waals surface area contributed by atoms with E-state index < -0.39 is 0 Å². The second-order valence-corrected chi connectivity index (χ2v) is 10.2. The highest BCUT2D eigenvalue weighted by atomic mass is 35.5. The zero-order valence-electron chi connectivity index (χ0n) is 24.1. The highest BCUT2D eigenvalue weighted by Gasteiger charge is 2.08. The fourth-order valence-corrected chi connectivity index (χ4v) is 4.85. The lowest BCUT2D eigenvalue weighted by Gasteiger charge is -2.06. The number of hydrogen-bond donors (Lipinski definition) is 1. The summed E-state index contributed by atoms with van der Waals surface area (Å²) in [5, 5.41) is 5.89. The molecule has 0 saturated heterocycles. The summed E-state index contributed by atoms with van der Waals surface area (Å²) in [5.41, 5.74) is 1.95. The number of pyridine rings is 4. The maximum Gasteiger partial charge on any atom is 0.213 e. The number of ether oxygens (including phenoxy) is 2. The van der Waals surface area contributed by atoms with Crippen LogP contribution in [0.25, 0.3) is 49.2 Å². The number of benzene rings is 2. The number of H-pyrrole nitrogens is 1. The molecule has 45 heavy (non-hydrogen) atoms. The molecule has 0 radical (unpaired) electrons. The van der Waals surface area contributed by atoms with Crippen molar-refractivity contribution in [3.05, 3.63) is 127 Å². The van der Waals surface area contributed by atoms with Crippen LogP contribution in [0.2, 0.25) is 5.15 Å². The van der Waals surface area contributed by atoms with Gasteiger partial charge in [-0.1, -0.05) is 11.6 Å². The molecule has 8 rings (SSSR count). The quantitative estimate of drug-likeness (QED) is 0.199. The Hall–Kier alpha value is -5.61. The van der Waals surface area contributed by atoms with Crippen LogP contribution in [0.5, 0.6) is 11.8 Å². The summed E-state index contributed by atoms with van der Waals surface area (Å²) in [5.74, 6) is 1.43. The summed E-state index contributed by atoms with van der Waals surface area (Å²) in [6, 6.07) is 20.4. The molecule has 1 N–H and O–H groups in total. The number of fused-ring (bicyclic) bond motifs is 4. The zero-order chi connectivity index (χ0) is 31.3. The largest absolute Gasteiger partial charge is 0.481 e. The van der Waals surface area contributed by atoms with Crippen LogP contribution in [0.3, 0.4) is 0 Å². The molecule has 8 aromatic rings. The number of nitrogens with one attached hydrogen (secondary N) is 1. The van der Waals surface area contributed by atoms with Gasteiger partial charge in [0.2, 0.25) is 11.8 Å². The van der Waals surface area contributed by atoms with Crippen LogP contribution in [-0.2, 0) is 0 Å². The minimum Gasteiger partial charge on any atom is -0.481 e. The molecule has 11 heteroatoms. The van der Waals surface area contributed by atoms with Crippen molar-refractivity contribution in [2.45, 2.75) is 0 Å². The molecule has 0 spiro atoms. The summed E-state index contributed by atoms with van der Waals surface area (Å²) in [6.07, 6.45) is 10.7. The van der Waals surface area contributed by atoms with Crippen LogP contribution in [0, 0.1) is 11.6 Å². The summed E-state index contributed by atoms with van der Waals surface area (Å²) in [7, 11) is 3.20. The SMILES string of the molecule is COc1cc2cc[nH]c2cn1.COc1cc2ccn(-c3cc4cc(F)ccc4cn3)c2cn1.Fc1ccc2cnc(Cl)cc2c1. The number of aromatic amines is 1. The monoisotopic (exact) mass is 622 g/mol. The van der Waals surface area contributed by atoms with Crippen LogP contribution >= 0.6 is 11.6 Å². The van der Waals surface area contributed by atoms with E-state index in [1.807, 2.05) is 47.3 Å². The van der Waals surface area contributed by atoms with Crippen molar-refractivity contribution < 1.29 is 18.3 Å². The molecule has 224 valence electrons. The molecule has 0 unspecified atom stereocenters.